The number of hydrogen-bond acceptors (Lipinski definition) is 4. The van der Waals surface area contributed by atoms with Crippen LogP contribution in [0, 0.1) is 0 Å². The highest BCUT2D eigenvalue weighted by Gasteiger charge is 2.19. The van der Waals surface area contributed by atoms with Gasteiger partial charge in [-0.1, -0.05) is 90.4 Å². The fourth-order valence-corrected chi connectivity index (χ4v) is 3.20. The summed E-state index contributed by atoms with van der Waals surface area (Å²) in [4.78, 5) is 8.29. The lowest BCUT2D eigenvalue weighted by Gasteiger charge is -2.11. The average Bonchev–Trinajstić information content (AvgIpc) is 2.59. The van der Waals surface area contributed by atoms with E-state index in [1.54, 1.807) is 0 Å². The lowest BCUT2D eigenvalue weighted by Crippen LogP contribution is -2.21. The van der Waals surface area contributed by atoms with Crippen molar-refractivity contribution in [2.24, 2.45) is 0 Å². The number of aliphatic hydroxyl groups excluding tert-OH is 1. The summed E-state index contributed by atoms with van der Waals surface area (Å²) in [7, 11) is -5.01. The maximum absolute atomic E-state index is 12.2. The Morgan fingerprint density at radius 1 is 0.808 bits per heavy atom. The molecule has 0 rings (SSSR count). The van der Waals surface area contributed by atoms with Gasteiger partial charge in [0.05, 0.1) is 13.2 Å². The predicted octanol–water partition coefficient (Wildman–Crippen LogP) is 5.93. The van der Waals surface area contributed by atoms with E-state index in [0.717, 1.165) is 12.8 Å². The van der Waals surface area contributed by atoms with Gasteiger partial charge in [0.2, 0.25) is 0 Å². The molecule has 2 atom stereocenters. The molecule has 5 nitrogen and oxygen atoms in total. The van der Waals surface area contributed by atoms with Crippen LogP contribution in [0.25, 0.3) is 0 Å². The van der Waals surface area contributed by atoms with E-state index in [-0.39, 0.29) is 6.61 Å². The first-order valence-corrected chi connectivity index (χ1v) is 11.9. The fraction of sp³-hybridized carbons (Fsp3) is 1.00. The number of halogens is 1. The summed E-state index contributed by atoms with van der Waals surface area (Å²) in [5.74, 6) is 0. The molecule has 0 aliphatic carbocycles. The number of rotatable bonds is 20. The number of hydrogen-bond donors (Lipinski definition) is 2. The fourth-order valence-electron chi connectivity index (χ4n) is 2.84. The normalized spacial score (nSPS) is 15.1. The molecule has 2 unspecified atom stereocenters. The summed E-state index contributed by atoms with van der Waals surface area (Å²) in [6.07, 6.45) is 17.0. The topological polar surface area (TPSA) is 76.0 Å². The minimum Gasteiger partial charge on any atom is -0.388 e. The van der Waals surface area contributed by atoms with Gasteiger partial charge in [-0.2, -0.15) is 0 Å². The van der Waals surface area contributed by atoms with Gasteiger partial charge in [-0.15, -0.1) is 4.20 Å². The molecule has 158 valence electrons. The summed E-state index contributed by atoms with van der Waals surface area (Å²) in [5.41, 5.74) is 0. The molecule has 0 saturated heterocycles. The van der Waals surface area contributed by atoms with Gasteiger partial charge >= 0.3 is 7.91 Å². The van der Waals surface area contributed by atoms with E-state index in [0.29, 0.717) is 6.61 Å². The zero-order valence-electron chi connectivity index (χ0n) is 16.5. The van der Waals surface area contributed by atoms with Crippen molar-refractivity contribution >= 4 is 7.91 Å². The third kappa shape index (κ3) is 22.0. The van der Waals surface area contributed by atoms with Crippen LogP contribution >= 0.6 is 7.91 Å². The SMILES string of the molecule is CCCCCCCCCCCCCCCCOCC(O)COP(=O)(O)F. The molecule has 0 fully saturated rings. The Hall–Kier alpha value is -0.0000000000000000278. The van der Waals surface area contributed by atoms with Crippen LogP contribution in [-0.2, 0) is 13.8 Å². The monoisotopic (exact) mass is 398 g/mol. The van der Waals surface area contributed by atoms with E-state index in [4.69, 9.17) is 9.63 Å². The first-order valence-electron chi connectivity index (χ1n) is 10.4. The van der Waals surface area contributed by atoms with Crippen LogP contribution in [-0.4, -0.2) is 35.9 Å². The molecule has 0 spiro atoms. The highest BCUT2D eigenvalue weighted by atomic mass is 31.2. The Kier molecular flexibility index (Phi) is 18.4. The lowest BCUT2D eigenvalue weighted by atomic mass is 10.0. The van der Waals surface area contributed by atoms with Gasteiger partial charge in [0, 0.05) is 6.61 Å². The van der Waals surface area contributed by atoms with Crippen molar-refractivity contribution in [3.05, 3.63) is 0 Å². The van der Waals surface area contributed by atoms with Crippen LogP contribution in [0.1, 0.15) is 96.8 Å². The van der Waals surface area contributed by atoms with Crippen LogP contribution in [0.15, 0.2) is 0 Å². The summed E-state index contributed by atoms with van der Waals surface area (Å²) >= 11 is 0. The van der Waals surface area contributed by atoms with Crippen LogP contribution in [0.2, 0.25) is 0 Å². The van der Waals surface area contributed by atoms with Crippen LogP contribution < -0.4 is 0 Å². The zero-order valence-corrected chi connectivity index (χ0v) is 17.4. The van der Waals surface area contributed by atoms with Gasteiger partial charge in [0.1, 0.15) is 6.10 Å². The molecule has 0 aliphatic rings. The number of ether oxygens (including phenoxy) is 1. The van der Waals surface area contributed by atoms with Crippen molar-refractivity contribution in [2.45, 2.75) is 103 Å². The molecule has 26 heavy (non-hydrogen) atoms. The molecule has 2 N–H and O–H groups in total. The lowest BCUT2D eigenvalue weighted by molar-refractivity contribution is 0.00667. The van der Waals surface area contributed by atoms with Crippen molar-refractivity contribution in [3.8, 4) is 0 Å². The van der Waals surface area contributed by atoms with Gasteiger partial charge in [-0.05, 0) is 6.42 Å². The maximum Gasteiger partial charge on any atom is 0.510 e. The van der Waals surface area contributed by atoms with Crippen LogP contribution in [0.4, 0.5) is 4.20 Å². The summed E-state index contributed by atoms with van der Waals surface area (Å²) < 4.78 is 31.7. The molecule has 0 heterocycles. The van der Waals surface area contributed by atoms with Gasteiger partial charge in [0.25, 0.3) is 0 Å². The zero-order chi connectivity index (χ0) is 19.5. The molecule has 0 amide bonds. The molecule has 0 aromatic rings. The largest absolute Gasteiger partial charge is 0.510 e. The first-order chi connectivity index (χ1) is 12.5. The van der Waals surface area contributed by atoms with Crippen molar-refractivity contribution in [3.63, 3.8) is 0 Å². The van der Waals surface area contributed by atoms with Gasteiger partial charge in [-0.3, -0.25) is 9.42 Å². The third-order valence-electron chi connectivity index (χ3n) is 4.38. The number of unbranched alkanes of at least 4 members (excludes halogenated alkanes) is 13. The van der Waals surface area contributed by atoms with Crippen molar-refractivity contribution in [1.82, 2.24) is 0 Å². The standard InChI is InChI=1S/C19H40FO5P/c1-2-3-4-5-6-7-8-9-10-11-12-13-14-15-16-24-17-19(21)18-25-26(20,22)23/h19,21H,2-18H2,1H3,(H,22,23). The quantitative estimate of drug-likeness (QED) is 0.196. The minimum absolute atomic E-state index is 0.0154. The molecule has 0 aliphatic heterocycles. The molecular weight excluding hydrogens is 358 g/mol. The van der Waals surface area contributed by atoms with E-state index in [9.17, 15) is 13.9 Å². The van der Waals surface area contributed by atoms with Gasteiger partial charge in [-0.25, -0.2) is 4.57 Å². The van der Waals surface area contributed by atoms with Crippen molar-refractivity contribution in [1.29, 1.82) is 0 Å². The summed E-state index contributed by atoms with van der Waals surface area (Å²) in [6, 6.07) is 0. The minimum atomic E-state index is -5.01. The van der Waals surface area contributed by atoms with Gasteiger partial charge < -0.3 is 9.84 Å². The van der Waals surface area contributed by atoms with E-state index in [1.165, 1.54) is 77.0 Å². The highest BCUT2D eigenvalue weighted by molar-refractivity contribution is 7.46. The Morgan fingerprint density at radius 3 is 1.65 bits per heavy atom. The van der Waals surface area contributed by atoms with E-state index in [2.05, 4.69) is 11.4 Å². The predicted molar refractivity (Wildman–Crippen MR) is 104 cm³/mol. The highest BCUT2D eigenvalue weighted by Crippen LogP contribution is 2.43. The van der Waals surface area contributed by atoms with Crippen molar-refractivity contribution < 1.29 is 28.0 Å². The Labute approximate surface area is 159 Å². The van der Waals surface area contributed by atoms with E-state index >= 15 is 0 Å². The molecule has 0 aromatic heterocycles. The second kappa shape index (κ2) is 18.4. The molecule has 0 aromatic carbocycles. The van der Waals surface area contributed by atoms with E-state index < -0.39 is 20.6 Å². The Balaban J connectivity index is 3.14. The second-order valence-electron chi connectivity index (χ2n) is 7.07. The molecular formula is C19H40FO5P. The maximum atomic E-state index is 12.2. The van der Waals surface area contributed by atoms with E-state index in [1.807, 2.05) is 0 Å². The van der Waals surface area contributed by atoms with Crippen LogP contribution in [0.5, 0.6) is 0 Å². The summed E-state index contributed by atoms with van der Waals surface area (Å²) in [6.45, 7) is 2.23. The van der Waals surface area contributed by atoms with Gasteiger partial charge in [0.15, 0.2) is 0 Å². The molecule has 0 radical (unpaired) electrons. The molecule has 7 heteroatoms. The second-order valence-corrected chi connectivity index (χ2v) is 8.23. The van der Waals surface area contributed by atoms with Crippen LogP contribution in [0.3, 0.4) is 0 Å². The average molecular weight is 398 g/mol. The third-order valence-corrected chi connectivity index (χ3v) is 4.85. The summed E-state index contributed by atoms with van der Waals surface area (Å²) in [5, 5.41) is 9.38. The van der Waals surface area contributed by atoms with Crippen molar-refractivity contribution in [2.75, 3.05) is 19.8 Å². The molecule has 0 bridgehead atoms. The smallest absolute Gasteiger partial charge is 0.388 e. The Morgan fingerprint density at radius 2 is 1.23 bits per heavy atom. The first kappa shape index (κ1) is 26.0. The number of aliphatic hydroxyl groups is 1. The Bertz CT molecular complexity index is 338. The molecule has 0 saturated carbocycles.